The summed E-state index contributed by atoms with van der Waals surface area (Å²) in [5.74, 6) is 2.35. The third-order valence-corrected chi connectivity index (χ3v) is 3.66. The molecule has 2 atom stereocenters. The lowest BCUT2D eigenvalue weighted by atomic mass is 9.81. The number of rotatable bonds is 2. The monoisotopic (exact) mass is 180 g/mol. The molecule has 2 N–H and O–H groups in total. The molecule has 2 heteroatoms. The van der Waals surface area contributed by atoms with E-state index in [2.05, 4.69) is 11.9 Å². The number of hydrogen-bond donors (Lipinski definition) is 1. The molecule has 2 fully saturated rings. The molecule has 0 saturated heterocycles. The molecule has 0 bridgehead atoms. The Kier molecular flexibility index (Phi) is 2.56. The van der Waals surface area contributed by atoms with E-state index in [9.17, 15) is 0 Å². The largest absolute Gasteiger partial charge is 0.387 e. The van der Waals surface area contributed by atoms with E-state index in [0.29, 0.717) is 12.0 Å². The average molecular weight is 180 g/mol. The molecule has 2 saturated carbocycles. The number of hydrogen-bond acceptors (Lipinski definition) is 1. The third kappa shape index (κ3) is 1.87. The Bertz CT molecular complexity index is 204. The zero-order valence-electron chi connectivity index (χ0n) is 8.50. The quantitative estimate of drug-likeness (QED) is 0.514. The maximum Gasteiger partial charge on any atom is 0.0971 e. The van der Waals surface area contributed by atoms with Crippen LogP contribution in [0.5, 0.6) is 0 Å². The van der Waals surface area contributed by atoms with E-state index in [1.807, 2.05) is 0 Å². The standard InChI is InChI=1S/C11H20N2/c1-8-6-7-10(8)13-11(12)9-4-2-3-5-9/h8-10H,2-7H2,1H3,(H2,12,13). The van der Waals surface area contributed by atoms with Crippen molar-refractivity contribution < 1.29 is 0 Å². The Morgan fingerprint density at radius 2 is 1.85 bits per heavy atom. The first-order valence-corrected chi connectivity index (χ1v) is 5.60. The normalized spacial score (nSPS) is 36.2. The molecule has 0 amide bonds. The van der Waals surface area contributed by atoms with Crippen molar-refractivity contribution >= 4 is 5.84 Å². The van der Waals surface area contributed by atoms with Crippen LogP contribution in [0.25, 0.3) is 0 Å². The summed E-state index contributed by atoms with van der Waals surface area (Å²) in [5.41, 5.74) is 6.00. The van der Waals surface area contributed by atoms with Crippen LogP contribution in [0.4, 0.5) is 0 Å². The molecular weight excluding hydrogens is 160 g/mol. The van der Waals surface area contributed by atoms with E-state index in [0.717, 1.165) is 11.8 Å². The van der Waals surface area contributed by atoms with Crippen molar-refractivity contribution in [2.75, 3.05) is 0 Å². The van der Waals surface area contributed by atoms with Crippen molar-refractivity contribution in [2.24, 2.45) is 22.6 Å². The molecule has 0 aromatic rings. The molecule has 2 nitrogen and oxygen atoms in total. The second-order valence-corrected chi connectivity index (χ2v) is 4.66. The minimum Gasteiger partial charge on any atom is -0.387 e. The van der Waals surface area contributed by atoms with Gasteiger partial charge in [0.25, 0.3) is 0 Å². The number of nitrogens with zero attached hydrogens (tertiary/aromatic N) is 1. The van der Waals surface area contributed by atoms with Crippen LogP contribution in [0.1, 0.15) is 45.4 Å². The van der Waals surface area contributed by atoms with Crippen LogP contribution in [0.3, 0.4) is 0 Å². The van der Waals surface area contributed by atoms with Crippen molar-refractivity contribution in [3.05, 3.63) is 0 Å². The molecule has 2 rings (SSSR count). The van der Waals surface area contributed by atoms with Gasteiger partial charge in [-0.2, -0.15) is 0 Å². The summed E-state index contributed by atoms with van der Waals surface area (Å²) in [7, 11) is 0. The van der Waals surface area contributed by atoms with Crippen LogP contribution >= 0.6 is 0 Å². The SMILES string of the molecule is CC1CCC1N=C(N)C1CCCC1. The van der Waals surface area contributed by atoms with Gasteiger partial charge in [-0.25, -0.2) is 0 Å². The van der Waals surface area contributed by atoms with Gasteiger partial charge in [-0.15, -0.1) is 0 Å². The molecule has 2 aliphatic carbocycles. The smallest absolute Gasteiger partial charge is 0.0971 e. The molecular formula is C11H20N2. The number of nitrogens with two attached hydrogens (primary N) is 1. The van der Waals surface area contributed by atoms with Gasteiger partial charge in [-0.3, -0.25) is 4.99 Å². The molecule has 0 aliphatic heterocycles. The van der Waals surface area contributed by atoms with Crippen molar-refractivity contribution in [1.29, 1.82) is 0 Å². The molecule has 0 spiro atoms. The van der Waals surface area contributed by atoms with E-state index in [4.69, 9.17) is 5.73 Å². The Morgan fingerprint density at radius 1 is 1.15 bits per heavy atom. The van der Waals surface area contributed by atoms with Gasteiger partial charge in [0.15, 0.2) is 0 Å². The minimum absolute atomic E-state index is 0.556. The second-order valence-electron chi connectivity index (χ2n) is 4.66. The van der Waals surface area contributed by atoms with E-state index >= 15 is 0 Å². The molecule has 0 aromatic heterocycles. The van der Waals surface area contributed by atoms with Crippen molar-refractivity contribution in [3.8, 4) is 0 Å². The summed E-state index contributed by atoms with van der Waals surface area (Å²) >= 11 is 0. The summed E-state index contributed by atoms with van der Waals surface area (Å²) in [4.78, 5) is 4.64. The van der Waals surface area contributed by atoms with Gasteiger partial charge < -0.3 is 5.73 Å². The topological polar surface area (TPSA) is 38.4 Å². The molecule has 2 unspecified atom stereocenters. The summed E-state index contributed by atoms with van der Waals surface area (Å²) in [5, 5.41) is 0. The van der Waals surface area contributed by atoms with Crippen molar-refractivity contribution in [3.63, 3.8) is 0 Å². The van der Waals surface area contributed by atoms with Gasteiger partial charge in [0.05, 0.1) is 11.9 Å². The van der Waals surface area contributed by atoms with Gasteiger partial charge in [-0.1, -0.05) is 19.8 Å². The Hall–Kier alpha value is -0.530. The zero-order valence-corrected chi connectivity index (χ0v) is 8.50. The molecule has 0 heterocycles. The lowest BCUT2D eigenvalue weighted by Crippen LogP contribution is -2.32. The van der Waals surface area contributed by atoms with E-state index < -0.39 is 0 Å². The van der Waals surface area contributed by atoms with E-state index in [1.54, 1.807) is 0 Å². The highest BCUT2D eigenvalue weighted by Crippen LogP contribution is 2.31. The summed E-state index contributed by atoms with van der Waals surface area (Å²) < 4.78 is 0. The van der Waals surface area contributed by atoms with Gasteiger partial charge in [0.1, 0.15) is 0 Å². The summed E-state index contributed by atoms with van der Waals surface area (Å²) in [6, 6.07) is 0.556. The first-order chi connectivity index (χ1) is 6.27. The van der Waals surface area contributed by atoms with E-state index in [1.165, 1.54) is 38.5 Å². The van der Waals surface area contributed by atoms with Gasteiger partial charge in [0.2, 0.25) is 0 Å². The summed E-state index contributed by atoms with van der Waals surface area (Å²) in [6.45, 7) is 2.28. The zero-order chi connectivity index (χ0) is 9.26. The fourth-order valence-corrected chi connectivity index (χ4v) is 2.36. The maximum absolute atomic E-state index is 6.00. The highest BCUT2D eigenvalue weighted by Gasteiger charge is 2.27. The highest BCUT2D eigenvalue weighted by molar-refractivity contribution is 5.83. The van der Waals surface area contributed by atoms with Crippen LogP contribution < -0.4 is 5.73 Å². The van der Waals surface area contributed by atoms with Gasteiger partial charge in [-0.05, 0) is 31.6 Å². The maximum atomic E-state index is 6.00. The van der Waals surface area contributed by atoms with Crippen molar-refractivity contribution in [2.45, 2.75) is 51.5 Å². The van der Waals surface area contributed by atoms with Crippen molar-refractivity contribution in [1.82, 2.24) is 0 Å². The molecule has 74 valence electrons. The average Bonchev–Trinajstić information content (AvgIpc) is 2.64. The molecule has 0 aromatic carbocycles. The number of amidine groups is 1. The lowest BCUT2D eigenvalue weighted by molar-refractivity contribution is 0.283. The first kappa shape index (κ1) is 9.04. The van der Waals surface area contributed by atoms with Crippen LogP contribution in [0.15, 0.2) is 4.99 Å². The molecule has 13 heavy (non-hydrogen) atoms. The van der Waals surface area contributed by atoms with Crippen LogP contribution in [-0.2, 0) is 0 Å². The van der Waals surface area contributed by atoms with Crippen LogP contribution in [0.2, 0.25) is 0 Å². The Labute approximate surface area is 80.6 Å². The predicted octanol–water partition coefficient (Wildman–Crippen LogP) is 2.33. The first-order valence-electron chi connectivity index (χ1n) is 5.60. The van der Waals surface area contributed by atoms with E-state index in [-0.39, 0.29) is 0 Å². The fraction of sp³-hybridized carbons (Fsp3) is 0.909. The van der Waals surface area contributed by atoms with Gasteiger partial charge >= 0.3 is 0 Å². The summed E-state index contributed by atoms with van der Waals surface area (Å²) in [6.07, 6.45) is 7.84. The minimum atomic E-state index is 0.556. The molecule has 0 radical (unpaired) electrons. The third-order valence-electron chi connectivity index (χ3n) is 3.66. The second kappa shape index (κ2) is 3.69. The van der Waals surface area contributed by atoms with Crippen LogP contribution in [0, 0.1) is 11.8 Å². The van der Waals surface area contributed by atoms with Crippen LogP contribution in [-0.4, -0.2) is 11.9 Å². The Balaban J connectivity index is 1.90. The highest BCUT2D eigenvalue weighted by atomic mass is 14.9. The lowest BCUT2D eigenvalue weighted by Gasteiger charge is -2.31. The predicted molar refractivity (Wildman–Crippen MR) is 55.8 cm³/mol. The Morgan fingerprint density at radius 3 is 2.31 bits per heavy atom. The molecule has 2 aliphatic rings. The fourth-order valence-electron chi connectivity index (χ4n) is 2.36. The van der Waals surface area contributed by atoms with Gasteiger partial charge in [0, 0.05) is 5.92 Å². The number of aliphatic imine (C=N–C) groups is 1.